The summed E-state index contributed by atoms with van der Waals surface area (Å²) in [6.45, 7) is 6.94. The molecular formula is C12H20. The van der Waals surface area contributed by atoms with Crippen LogP contribution in [0.5, 0.6) is 0 Å². The third kappa shape index (κ3) is 3.75. The van der Waals surface area contributed by atoms with E-state index in [9.17, 15) is 0 Å². The fourth-order valence-corrected chi connectivity index (χ4v) is 1.40. The molecule has 1 rings (SSSR count). The highest BCUT2D eigenvalue weighted by Crippen LogP contribution is 2.26. The van der Waals surface area contributed by atoms with Crippen LogP contribution >= 0.6 is 0 Å². The Morgan fingerprint density at radius 1 is 1.33 bits per heavy atom. The molecule has 0 aromatic heterocycles. The Hall–Kier alpha value is -0.520. The minimum absolute atomic E-state index is 0.488. The highest BCUT2D eigenvalue weighted by Gasteiger charge is 2.10. The standard InChI is InChI=1S/C12H20/c1-12(2,3)10-9-11-7-5-4-6-8-11/h4-5,7H,6,8-10H2,1-3H3. The molecular weight excluding hydrogens is 144 g/mol. The first-order chi connectivity index (χ1) is 5.58. The highest BCUT2D eigenvalue weighted by atomic mass is 14.2. The molecule has 0 nitrogen and oxygen atoms in total. The minimum atomic E-state index is 0.488. The van der Waals surface area contributed by atoms with Gasteiger partial charge in [0.25, 0.3) is 0 Å². The van der Waals surface area contributed by atoms with E-state index in [1.807, 2.05) is 0 Å². The lowest BCUT2D eigenvalue weighted by atomic mass is 9.87. The van der Waals surface area contributed by atoms with Gasteiger partial charge in [0.05, 0.1) is 0 Å². The molecule has 12 heavy (non-hydrogen) atoms. The van der Waals surface area contributed by atoms with Crippen LogP contribution in [0.25, 0.3) is 0 Å². The Morgan fingerprint density at radius 2 is 2.08 bits per heavy atom. The zero-order chi connectivity index (χ0) is 9.03. The van der Waals surface area contributed by atoms with E-state index >= 15 is 0 Å². The number of hydrogen-bond donors (Lipinski definition) is 0. The lowest BCUT2D eigenvalue weighted by Crippen LogP contribution is -2.05. The van der Waals surface area contributed by atoms with Gasteiger partial charge in [-0.25, -0.2) is 0 Å². The number of allylic oxidation sites excluding steroid dienone is 4. The average molecular weight is 164 g/mol. The van der Waals surface area contributed by atoms with Crippen LogP contribution in [0, 0.1) is 5.41 Å². The van der Waals surface area contributed by atoms with Crippen molar-refractivity contribution in [1.82, 2.24) is 0 Å². The maximum atomic E-state index is 2.31. The lowest BCUT2D eigenvalue weighted by Gasteiger charge is -2.19. The van der Waals surface area contributed by atoms with Crippen LogP contribution in [0.2, 0.25) is 0 Å². The second kappa shape index (κ2) is 3.93. The first-order valence-corrected chi connectivity index (χ1v) is 4.92. The molecule has 0 aliphatic heterocycles. The van der Waals surface area contributed by atoms with Crippen LogP contribution in [0.15, 0.2) is 23.8 Å². The fourth-order valence-electron chi connectivity index (χ4n) is 1.40. The quantitative estimate of drug-likeness (QED) is 0.576. The van der Waals surface area contributed by atoms with Crippen LogP contribution in [0.4, 0.5) is 0 Å². The summed E-state index contributed by atoms with van der Waals surface area (Å²) in [4.78, 5) is 0. The van der Waals surface area contributed by atoms with Gasteiger partial charge in [0.1, 0.15) is 0 Å². The smallest absolute Gasteiger partial charge is 0.0282 e. The summed E-state index contributed by atoms with van der Waals surface area (Å²) in [5, 5.41) is 0. The Kier molecular flexibility index (Phi) is 3.13. The van der Waals surface area contributed by atoms with Crippen molar-refractivity contribution in [2.75, 3.05) is 0 Å². The molecule has 0 aromatic carbocycles. The zero-order valence-electron chi connectivity index (χ0n) is 8.56. The molecule has 0 amide bonds. The van der Waals surface area contributed by atoms with E-state index in [0.717, 1.165) is 0 Å². The molecule has 0 saturated heterocycles. The van der Waals surface area contributed by atoms with Gasteiger partial charge in [0.15, 0.2) is 0 Å². The molecule has 0 radical (unpaired) electrons. The number of rotatable bonds is 2. The molecule has 1 aliphatic rings. The van der Waals surface area contributed by atoms with Crippen LogP contribution in [-0.2, 0) is 0 Å². The van der Waals surface area contributed by atoms with Gasteiger partial charge in [-0.3, -0.25) is 0 Å². The molecule has 0 heterocycles. The summed E-state index contributed by atoms with van der Waals surface area (Å²) in [7, 11) is 0. The van der Waals surface area contributed by atoms with Crippen molar-refractivity contribution in [3.05, 3.63) is 23.8 Å². The molecule has 0 spiro atoms. The fraction of sp³-hybridized carbons (Fsp3) is 0.667. The molecule has 0 unspecified atom stereocenters. The first-order valence-electron chi connectivity index (χ1n) is 4.92. The third-order valence-electron chi connectivity index (χ3n) is 2.30. The Morgan fingerprint density at radius 3 is 2.58 bits per heavy atom. The predicted molar refractivity (Wildman–Crippen MR) is 55.1 cm³/mol. The van der Waals surface area contributed by atoms with Crippen molar-refractivity contribution >= 4 is 0 Å². The third-order valence-corrected chi connectivity index (χ3v) is 2.30. The van der Waals surface area contributed by atoms with Crippen LogP contribution in [0.1, 0.15) is 46.5 Å². The van der Waals surface area contributed by atoms with Gasteiger partial charge in [-0.15, -0.1) is 0 Å². The van der Waals surface area contributed by atoms with Gasteiger partial charge < -0.3 is 0 Å². The summed E-state index contributed by atoms with van der Waals surface area (Å²) in [6, 6.07) is 0. The van der Waals surface area contributed by atoms with E-state index in [-0.39, 0.29) is 0 Å². The van der Waals surface area contributed by atoms with Crippen molar-refractivity contribution in [2.45, 2.75) is 46.5 Å². The maximum Gasteiger partial charge on any atom is -0.0282 e. The second-order valence-electron chi connectivity index (χ2n) is 4.85. The summed E-state index contributed by atoms with van der Waals surface area (Å²) >= 11 is 0. The molecule has 0 saturated carbocycles. The Labute approximate surface area is 76.4 Å². The summed E-state index contributed by atoms with van der Waals surface area (Å²) in [5.74, 6) is 0. The molecule has 1 aliphatic carbocycles. The van der Waals surface area contributed by atoms with Crippen molar-refractivity contribution in [1.29, 1.82) is 0 Å². The maximum absolute atomic E-state index is 2.31. The van der Waals surface area contributed by atoms with Gasteiger partial charge in [0.2, 0.25) is 0 Å². The van der Waals surface area contributed by atoms with Crippen LogP contribution < -0.4 is 0 Å². The normalized spacial score (nSPS) is 17.8. The van der Waals surface area contributed by atoms with Crippen LogP contribution in [-0.4, -0.2) is 0 Å². The van der Waals surface area contributed by atoms with E-state index in [0.29, 0.717) is 5.41 Å². The molecule has 0 N–H and O–H groups in total. The molecule has 68 valence electrons. The topological polar surface area (TPSA) is 0 Å². The van der Waals surface area contributed by atoms with Gasteiger partial charge in [-0.1, -0.05) is 44.6 Å². The van der Waals surface area contributed by atoms with E-state index < -0.39 is 0 Å². The van der Waals surface area contributed by atoms with Crippen molar-refractivity contribution in [2.24, 2.45) is 5.41 Å². The van der Waals surface area contributed by atoms with Crippen LogP contribution in [0.3, 0.4) is 0 Å². The Bertz CT molecular complexity index is 189. The van der Waals surface area contributed by atoms with E-state index in [4.69, 9.17) is 0 Å². The molecule has 0 heteroatoms. The first kappa shape index (κ1) is 9.57. The van der Waals surface area contributed by atoms with Crippen molar-refractivity contribution < 1.29 is 0 Å². The predicted octanol–water partition coefficient (Wildman–Crippen LogP) is 4.09. The molecule has 0 fully saturated rings. The summed E-state index contributed by atoms with van der Waals surface area (Å²) in [6.07, 6.45) is 11.9. The summed E-state index contributed by atoms with van der Waals surface area (Å²) < 4.78 is 0. The summed E-state index contributed by atoms with van der Waals surface area (Å²) in [5.41, 5.74) is 2.12. The Balaban J connectivity index is 2.32. The zero-order valence-corrected chi connectivity index (χ0v) is 8.56. The van der Waals surface area contributed by atoms with Crippen molar-refractivity contribution in [3.63, 3.8) is 0 Å². The average Bonchev–Trinajstić information content (AvgIpc) is 2.02. The lowest BCUT2D eigenvalue weighted by molar-refractivity contribution is 0.375. The van der Waals surface area contributed by atoms with Gasteiger partial charge in [-0.05, 0) is 31.1 Å². The van der Waals surface area contributed by atoms with Crippen molar-refractivity contribution in [3.8, 4) is 0 Å². The van der Waals surface area contributed by atoms with Gasteiger partial charge in [0, 0.05) is 0 Å². The highest BCUT2D eigenvalue weighted by molar-refractivity contribution is 5.17. The minimum Gasteiger partial charge on any atom is -0.0842 e. The van der Waals surface area contributed by atoms with E-state index in [1.165, 1.54) is 25.7 Å². The van der Waals surface area contributed by atoms with E-state index in [2.05, 4.69) is 39.0 Å². The number of hydrogen-bond acceptors (Lipinski definition) is 0. The SMILES string of the molecule is CC(C)(C)CCC1=CC=CCC1. The van der Waals surface area contributed by atoms with E-state index in [1.54, 1.807) is 5.57 Å². The monoisotopic (exact) mass is 164 g/mol. The second-order valence-corrected chi connectivity index (χ2v) is 4.85. The molecule has 0 aromatic rings. The molecule has 0 bridgehead atoms. The largest absolute Gasteiger partial charge is 0.0842 e. The van der Waals surface area contributed by atoms with Gasteiger partial charge in [-0.2, -0.15) is 0 Å². The molecule has 0 atom stereocenters. The van der Waals surface area contributed by atoms with Gasteiger partial charge >= 0.3 is 0 Å².